The number of carbonyl (C=O) groups excluding carboxylic acids is 2. The highest BCUT2D eigenvalue weighted by Crippen LogP contribution is 2.14. The summed E-state index contributed by atoms with van der Waals surface area (Å²) in [6.07, 6.45) is 2.28. The number of ether oxygens (including phenoxy) is 2. The number of hydrogen-bond acceptors (Lipinski definition) is 4. The van der Waals surface area contributed by atoms with Gasteiger partial charge in [0, 0.05) is 5.56 Å². The second-order valence-electron chi connectivity index (χ2n) is 5.29. The topological polar surface area (TPSA) is 64.6 Å². The summed E-state index contributed by atoms with van der Waals surface area (Å²) in [5.41, 5.74) is 1.30. The lowest BCUT2D eigenvalue weighted by Crippen LogP contribution is -2.28. The predicted octanol–water partition coefficient (Wildman–Crippen LogP) is 3.42. The molecule has 130 valence electrons. The molecule has 0 unspecified atom stereocenters. The van der Waals surface area contributed by atoms with Crippen LogP contribution < -0.4 is 10.1 Å². The molecule has 0 atom stereocenters. The van der Waals surface area contributed by atoms with Crippen LogP contribution in [0.2, 0.25) is 0 Å². The van der Waals surface area contributed by atoms with Crippen molar-refractivity contribution in [2.45, 2.75) is 13.3 Å². The normalized spacial score (nSPS) is 10.9. The van der Waals surface area contributed by atoms with E-state index in [9.17, 15) is 9.59 Å². The van der Waals surface area contributed by atoms with Crippen LogP contribution in [-0.4, -0.2) is 25.6 Å². The lowest BCUT2D eigenvalue weighted by Gasteiger charge is -2.10. The van der Waals surface area contributed by atoms with Crippen molar-refractivity contribution in [3.05, 3.63) is 71.4 Å². The van der Waals surface area contributed by atoms with E-state index in [0.717, 1.165) is 5.56 Å². The number of rotatable bonds is 7. The van der Waals surface area contributed by atoms with Crippen molar-refractivity contribution in [3.63, 3.8) is 0 Å². The van der Waals surface area contributed by atoms with Crippen LogP contribution in [0.3, 0.4) is 0 Å². The first-order valence-corrected chi connectivity index (χ1v) is 8.03. The minimum atomic E-state index is -0.568. The quantitative estimate of drug-likeness (QED) is 0.620. The van der Waals surface area contributed by atoms with Gasteiger partial charge in [0.25, 0.3) is 5.91 Å². The number of hydrogen-bond donors (Lipinski definition) is 1. The molecule has 1 amide bonds. The summed E-state index contributed by atoms with van der Waals surface area (Å²) in [6, 6.07) is 15.8. The van der Waals surface area contributed by atoms with Crippen molar-refractivity contribution in [1.82, 2.24) is 5.32 Å². The highest BCUT2D eigenvalue weighted by atomic mass is 16.5. The van der Waals surface area contributed by atoms with Crippen LogP contribution in [0.15, 0.2) is 60.3 Å². The lowest BCUT2D eigenvalue weighted by molar-refractivity contribution is -0.139. The minimum absolute atomic E-state index is 0.0902. The fourth-order valence-electron chi connectivity index (χ4n) is 2.07. The van der Waals surface area contributed by atoms with Crippen molar-refractivity contribution < 1.29 is 19.1 Å². The zero-order chi connectivity index (χ0) is 18.1. The molecule has 5 heteroatoms. The van der Waals surface area contributed by atoms with Gasteiger partial charge < -0.3 is 14.8 Å². The van der Waals surface area contributed by atoms with Crippen LogP contribution >= 0.6 is 0 Å². The molecule has 0 aromatic heterocycles. The number of benzene rings is 2. The number of carbonyl (C=O) groups is 2. The molecule has 1 N–H and O–H groups in total. The first-order valence-electron chi connectivity index (χ1n) is 8.03. The minimum Gasteiger partial charge on any atom is -0.497 e. The predicted molar refractivity (Wildman–Crippen MR) is 96.1 cm³/mol. The average molecular weight is 339 g/mol. The van der Waals surface area contributed by atoms with Crippen molar-refractivity contribution >= 4 is 18.0 Å². The Morgan fingerprint density at radius 3 is 2.32 bits per heavy atom. The van der Waals surface area contributed by atoms with E-state index in [1.807, 2.05) is 13.0 Å². The Bertz CT molecular complexity index is 736. The molecular formula is C20H21NO4. The molecule has 2 rings (SSSR count). The number of amides is 1. The van der Waals surface area contributed by atoms with E-state index in [2.05, 4.69) is 5.32 Å². The highest BCUT2D eigenvalue weighted by Gasteiger charge is 2.15. The Hall–Kier alpha value is -3.08. The Kier molecular flexibility index (Phi) is 6.77. The van der Waals surface area contributed by atoms with Gasteiger partial charge in [0.1, 0.15) is 11.4 Å². The zero-order valence-electron chi connectivity index (χ0n) is 14.3. The second kappa shape index (κ2) is 9.27. The van der Waals surface area contributed by atoms with Crippen LogP contribution in [0.4, 0.5) is 0 Å². The van der Waals surface area contributed by atoms with Gasteiger partial charge in [-0.1, -0.05) is 37.3 Å². The Morgan fingerprint density at radius 2 is 1.72 bits per heavy atom. The molecule has 0 aliphatic rings. The van der Waals surface area contributed by atoms with E-state index in [4.69, 9.17) is 9.47 Å². The maximum absolute atomic E-state index is 12.3. The Balaban J connectivity index is 2.23. The van der Waals surface area contributed by atoms with Gasteiger partial charge in [0.15, 0.2) is 0 Å². The van der Waals surface area contributed by atoms with Crippen molar-refractivity contribution in [2.75, 3.05) is 13.7 Å². The van der Waals surface area contributed by atoms with E-state index in [1.165, 1.54) is 0 Å². The Morgan fingerprint density at radius 1 is 1.04 bits per heavy atom. The molecule has 0 aliphatic heterocycles. The van der Waals surface area contributed by atoms with Crippen molar-refractivity contribution in [3.8, 4) is 5.75 Å². The van der Waals surface area contributed by atoms with Gasteiger partial charge in [-0.2, -0.15) is 0 Å². The summed E-state index contributed by atoms with van der Waals surface area (Å²) < 4.78 is 10.3. The molecule has 0 heterocycles. The van der Waals surface area contributed by atoms with Gasteiger partial charge in [-0.05, 0) is 42.3 Å². The molecule has 0 fully saturated rings. The van der Waals surface area contributed by atoms with Crippen LogP contribution in [-0.2, 0) is 9.53 Å². The summed E-state index contributed by atoms with van der Waals surface area (Å²) in [7, 11) is 1.58. The van der Waals surface area contributed by atoms with E-state index < -0.39 is 5.97 Å². The van der Waals surface area contributed by atoms with Gasteiger partial charge in [-0.3, -0.25) is 4.79 Å². The Labute approximate surface area is 147 Å². The second-order valence-corrected chi connectivity index (χ2v) is 5.29. The fourth-order valence-corrected chi connectivity index (χ4v) is 2.07. The molecule has 25 heavy (non-hydrogen) atoms. The third kappa shape index (κ3) is 5.49. The summed E-state index contributed by atoms with van der Waals surface area (Å²) in [5.74, 6) is -0.226. The lowest BCUT2D eigenvalue weighted by atomic mass is 10.1. The summed E-state index contributed by atoms with van der Waals surface area (Å²) in [6.45, 7) is 2.20. The van der Waals surface area contributed by atoms with Crippen LogP contribution in [0, 0.1) is 0 Å². The summed E-state index contributed by atoms with van der Waals surface area (Å²) >= 11 is 0. The van der Waals surface area contributed by atoms with Gasteiger partial charge in [-0.25, -0.2) is 4.79 Å². The highest BCUT2D eigenvalue weighted by molar-refractivity contribution is 6.03. The molecule has 0 aliphatic carbocycles. The van der Waals surface area contributed by atoms with E-state index in [-0.39, 0.29) is 11.6 Å². The summed E-state index contributed by atoms with van der Waals surface area (Å²) in [4.78, 5) is 24.6. The molecule has 0 spiro atoms. The molecule has 0 saturated heterocycles. The molecule has 2 aromatic carbocycles. The van der Waals surface area contributed by atoms with Crippen LogP contribution in [0.1, 0.15) is 29.3 Å². The number of methoxy groups -OCH3 is 1. The largest absolute Gasteiger partial charge is 0.497 e. The third-order valence-corrected chi connectivity index (χ3v) is 3.37. The van der Waals surface area contributed by atoms with E-state index >= 15 is 0 Å². The fraction of sp³-hybridized carbons (Fsp3) is 0.200. The van der Waals surface area contributed by atoms with Crippen molar-refractivity contribution in [2.24, 2.45) is 0 Å². The van der Waals surface area contributed by atoms with E-state index in [0.29, 0.717) is 24.3 Å². The molecule has 5 nitrogen and oxygen atoms in total. The number of nitrogens with one attached hydrogen (secondary N) is 1. The third-order valence-electron chi connectivity index (χ3n) is 3.37. The maximum Gasteiger partial charge on any atom is 0.354 e. The van der Waals surface area contributed by atoms with Gasteiger partial charge >= 0.3 is 5.97 Å². The smallest absolute Gasteiger partial charge is 0.354 e. The number of esters is 1. The maximum atomic E-state index is 12.3. The monoisotopic (exact) mass is 339 g/mol. The van der Waals surface area contributed by atoms with Crippen LogP contribution in [0.5, 0.6) is 5.75 Å². The first kappa shape index (κ1) is 18.3. The van der Waals surface area contributed by atoms with Gasteiger partial charge in [0.05, 0.1) is 13.7 Å². The molecule has 2 aromatic rings. The molecule has 0 radical (unpaired) electrons. The van der Waals surface area contributed by atoms with Crippen molar-refractivity contribution in [1.29, 1.82) is 0 Å². The zero-order valence-corrected chi connectivity index (χ0v) is 14.3. The molecule has 0 bridgehead atoms. The average Bonchev–Trinajstić information content (AvgIpc) is 2.66. The standard InChI is InChI=1S/C20H21NO4/c1-3-13-25-20(23)18(14-15-9-11-17(24-2)12-10-15)21-19(22)16-7-5-4-6-8-16/h4-12,14H,3,13H2,1-2H3,(H,21,22)/b18-14-. The van der Waals surface area contributed by atoms with E-state index in [1.54, 1.807) is 61.7 Å². The molecule has 0 saturated carbocycles. The molecular weight excluding hydrogens is 318 g/mol. The van der Waals surface area contributed by atoms with Crippen LogP contribution in [0.25, 0.3) is 6.08 Å². The van der Waals surface area contributed by atoms with Gasteiger partial charge in [-0.15, -0.1) is 0 Å². The van der Waals surface area contributed by atoms with Gasteiger partial charge in [0.2, 0.25) is 0 Å². The summed E-state index contributed by atoms with van der Waals surface area (Å²) in [5, 5.41) is 2.64. The SMILES string of the molecule is CCCOC(=O)/C(=C/c1ccc(OC)cc1)NC(=O)c1ccccc1. The first-order chi connectivity index (χ1) is 12.1.